The number of hydrogen-bond donors (Lipinski definition) is 1. The fraction of sp³-hybridized carbons (Fsp3) is 0.571. The molecule has 1 heterocycles. The second-order valence-electron chi connectivity index (χ2n) is 5.15. The molecule has 1 aromatic carbocycles. The zero-order valence-corrected chi connectivity index (χ0v) is 13.6. The monoisotopic (exact) mass is 334 g/mol. The largest absolute Gasteiger partial charge is 0.310 e. The Morgan fingerprint density at radius 3 is 2.62 bits per heavy atom. The van der Waals surface area contributed by atoms with Crippen LogP contribution in [0.1, 0.15) is 25.3 Å². The highest BCUT2D eigenvalue weighted by atomic mass is 35.5. The summed E-state index contributed by atoms with van der Waals surface area (Å²) in [5.41, 5.74) is 0.461. The van der Waals surface area contributed by atoms with Crippen molar-refractivity contribution in [3.8, 4) is 0 Å². The van der Waals surface area contributed by atoms with Crippen molar-refractivity contribution in [1.82, 2.24) is 9.62 Å². The molecular formula is C14H20ClFN2O2S. The van der Waals surface area contributed by atoms with Gasteiger partial charge in [-0.15, -0.1) is 0 Å². The summed E-state index contributed by atoms with van der Waals surface area (Å²) in [6, 6.07) is 4.82. The van der Waals surface area contributed by atoms with Gasteiger partial charge in [0, 0.05) is 36.3 Å². The van der Waals surface area contributed by atoms with Crippen molar-refractivity contribution >= 4 is 21.6 Å². The third-order valence-corrected chi connectivity index (χ3v) is 6.08. The van der Waals surface area contributed by atoms with Crippen LogP contribution >= 0.6 is 11.6 Å². The lowest BCUT2D eigenvalue weighted by molar-refractivity contribution is 0.288. The van der Waals surface area contributed by atoms with Gasteiger partial charge in [-0.3, -0.25) is 0 Å². The molecule has 1 aromatic rings. The summed E-state index contributed by atoms with van der Waals surface area (Å²) < 4.78 is 38.7. The van der Waals surface area contributed by atoms with Crippen molar-refractivity contribution in [1.29, 1.82) is 0 Å². The van der Waals surface area contributed by atoms with Gasteiger partial charge in [0.1, 0.15) is 5.82 Å². The number of halogens is 2. The number of nitrogens with zero attached hydrogens (tertiary/aromatic N) is 1. The fourth-order valence-corrected chi connectivity index (χ4v) is 3.83. The maximum Gasteiger partial charge on any atom is 0.213 e. The first-order valence-corrected chi connectivity index (χ1v) is 9.07. The Hall–Kier alpha value is -0.690. The summed E-state index contributed by atoms with van der Waals surface area (Å²) >= 11 is 5.98. The van der Waals surface area contributed by atoms with Crippen LogP contribution in [0, 0.1) is 5.82 Å². The quantitative estimate of drug-likeness (QED) is 0.899. The molecule has 0 amide bonds. The highest BCUT2D eigenvalue weighted by Crippen LogP contribution is 2.20. The van der Waals surface area contributed by atoms with Crippen molar-refractivity contribution in [2.24, 2.45) is 0 Å². The maximum atomic E-state index is 13.7. The molecule has 1 fully saturated rings. The minimum absolute atomic E-state index is 0.135. The normalized spacial score (nSPS) is 18.0. The lowest BCUT2D eigenvalue weighted by atomic mass is 10.1. The fourth-order valence-electron chi connectivity index (χ4n) is 2.47. The van der Waals surface area contributed by atoms with Crippen molar-refractivity contribution in [2.45, 2.75) is 32.4 Å². The molecule has 0 radical (unpaired) electrons. The van der Waals surface area contributed by atoms with Gasteiger partial charge in [-0.2, -0.15) is 0 Å². The third-order valence-electron chi connectivity index (χ3n) is 3.84. The van der Waals surface area contributed by atoms with E-state index in [2.05, 4.69) is 5.32 Å². The molecule has 0 aliphatic carbocycles. The molecule has 1 N–H and O–H groups in total. The van der Waals surface area contributed by atoms with E-state index in [-0.39, 0.29) is 17.6 Å². The molecular weight excluding hydrogens is 315 g/mol. The Bertz CT molecular complexity index is 566. The SMILES string of the molecule is CCS(=O)(=O)N1CCC(NCc2c(F)cccc2Cl)CC1. The lowest BCUT2D eigenvalue weighted by Gasteiger charge is -2.31. The van der Waals surface area contributed by atoms with Crippen LogP contribution in [0.2, 0.25) is 5.02 Å². The van der Waals surface area contributed by atoms with Crippen molar-refractivity contribution in [2.75, 3.05) is 18.8 Å². The summed E-state index contributed by atoms with van der Waals surface area (Å²) in [4.78, 5) is 0. The average Bonchev–Trinajstić information content (AvgIpc) is 2.47. The Labute approximate surface area is 130 Å². The zero-order valence-electron chi connectivity index (χ0n) is 12.0. The summed E-state index contributed by atoms with van der Waals surface area (Å²) in [5, 5.41) is 3.67. The summed E-state index contributed by atoms with van der Waals surface area (Å²) in [5.74, 6) is -0.184. The third kappa shape index (κ3) is 4.16. The van der Waals surface area contributed by atoms with Crippen LogP contribution in [0.25, 0.3) is 0 Å². The average molecular weight is 335 g/mol. The molecule has 0 unspecified atom stereocenters. The van der Waals surface area contributed by atoms with Crippen molar-refractivity contribution in [3.05, 3.63) is 34.6 Å². The zero-order chi connectivity index (χ0) is 15.5. The van der Waals surface area contributed by atoms with Gasteiger partial charge < -0.3 is 5.32 Å². The van der Waals surface area contributed by atoms with Crippen LogP contribution in [-0.4, -0.2) is 37.6 Å². The van der Waals surface area contributed by atoms with E-state index in [1.54, 1.807) is 19.1 Å². The van der Waals surface area contributed by atoms with Gasteiger partial charge in [0.25, 0.3) is 0 Å². The molecule has 118 valence electrons. The van der Waals surface area contributed by atoms with Crippen molar-refractivity contribution < 1.29 is 12.8 Å². The first-order chi connectivity index (χ1) is 9.94. The van der Waals surface area contributed by atoms with Gasteiger partial charge in [0.2, 0.25) is 10.0 Å². The Balaban J connectivity index is 1.87. The number of benzene rings is 1. The smallest absolute Gasteiger partial charge is 0.213 e. The highest BCUT2D eigenvalue weighted by Gasteiger charge is 2.26. The summed E-state index contributed by atoms with van der Waals surface area (Å²) in [6.45, 7) is 3.04. The van der Waals surface area contributed by atoms with Crippen LogP contribution in [0.4, 0.5) is 4.39 Å². The van der Waals surface area contributed by atoms with Gasteiger partial charge in [-0.25, -0.2) is 17.1 Å². The molecule has 0 bridgehead atoms. The summed E-state index contributed by atoms with van der Waals surface area (Å²) in [7, 11) is -3.10. The molecule has 1 aliphatic heterocycles. The topological polar surface area (TPSA) is 49.4 Å². The predicted octanol–water partition coefficient (Wildman–Crippen LogP) is 2.38. The molecule has 0 spiro atoms. The minimum Gasteiger partial charge on any atom is -0.310 e. The first kappa shape index (κ1) is 16.7. The molecule has 1 saturated heterocycles. The van der Waals surface area contributed by atoms with Gasteiger partial charge >= 0.3 is 0 Å². The maximum absolute atomic E-state index is 13.7. The Morgan fingerprint density at radius 1 is 1.38 bits per heavy atom. The molecule has 1 aliphatic rings. The van der Waals surface area contributed by atoms with Crippen LogP contribution in [-0.2, 0) is 16.6 Å². The van der Waals surface area contributed by atoms with E-state index in [9.17, 15) is 12.8 Å². The molecule has 0 atom stereocenters. The van der Waals surface area contributed by atoms with Crippen LogP contribution in [0.3, 0.4) is 0 Å². The summed E-state index contributed by atoms with van der Waals surface area (Å²) in [6.07, 6.45) is 1.45. The predicted molar refractivity (Wildman–Crippen MR) is 82.3 cm³/mol. The van der Waals surface area contributed by atoms with E-state index >= 15 is 0 Å². The molecule has 0 saturated carbocycles. The van der Waals surface area contributed by atoms with E-state index in [0.29, 0.717) is 30.2 Å². The Morgan fingerprint density at radius 2 is 2.05 bits per heavy atom. The van der Waals surface area contributed by atoms with Crippen LogP contribution in [0.5, 0.6) is 0 Å². The second-order valence-corrected chi connectivity index (χ2v) is 7.82. The van der Waals surface area contributed by atoms with E-state index < -0.39 is 10.0 Å². The van der Waals surface area contributed by atoms with E-state index in [0.717, 1.165) is 12.8 Å². The Kier molecular flexibility index (Phi) is 5.60. The van der Waals surface area contributed by atoms with Gasteiger partial charge in [-0.05, 0) is 31.9 Å². The number of rotatable bonds is 5. The number of hydrogen-bond acceptors (Lipinski definition) is 3. The van der Waals surface area contributed by atoms with E-state index in [1.807, 2.05) is 0 Å². The number of nitrogens with one attached hydrogen (secondary N) is 1. The number of sulfonamides is 1. The molecule has 0 aromatic heterocycles. The van der Waals surface area contributed by atoms with E-state index in [4.69, 9.17) is 11.6 Å². The standard InChI is InChI=1S/C14H20ClFN2O2S/c1-2-21(19,20)18-8-6-11(7-9-18)17-10-12-13(15)4-3-5-14(12)16/h3-5,11,17H,2,6-10H2,1H3. The van der Waals surface area contributed by atoms with Crippen molar-refractivity contribution in [3.63, 3.8) is 0 Å². The molecule has 7 heteroatoms. The van der Waals surface area contributed by atoms with E-state index in [1.165, 1.54) is 10.4 Å². The van der Waals surface area contributed by atoms with Gasteiger partial charge in [0.05, 0.1) is 5.75 Å². The molecule has 2 rings (SSSR count). The number of piperidine rings is 1. The van der Waals surface area contributed by atoms with Gasteiger partial charge in [0.15, 0.2) is 0 Å². The van der Waals surface area contributed by atoms with Gasteiger partial charge in [-0.1, -0.05) is 17.7 Å². The second kappa shape index (κ2) is 7.05. The molecule has 4 nitrogen and oxygen atoms in total. The van der Waals surface area contributed by atoms with Crippen LogP contribution in [0.15, 0.2) is 18.2 Å². The molecule has 21 heavy (non-hydrogen) atoms. The lowest BCUT2D eigenvalue weighted by Crippen LogP contribution is -2.45. The first-order valence-electron chi connectivity index (χ1n) is 7.08. The minimum atomic E-state index is -3.10. The van der Waals surface area contributed by atoms with Crippen LogP contribution < -0.4 is 5.32 Å². The highest BCUT2D eigenvalue weighted by molar-refractivity contribution is 7.89.